The lowest BCUT2D eigenvalue weighted by atomic mass is 9.88. The van der Waals surface area contributed by atoms with Crippen LogP contribution in [0.3, 0.4) is 0 Å². The zero-order valence-corrected chi connectivity index (χ0v) is 11.3. The Bertz CT molecular complexity index is 307. The Morgan fingerprint density at radius 3 is 2.41 bits per heavy atom. The van der Waals surface area contributed by atoms with Crippen LogP contribution >= 0.6 is 0 Å². The van der Waals surface area contributed by atoms with Gasteiger partial charge in [-0.05, 0) is 37.6 Å². The second-order valence-electron chi connectivity index (χ2n) is 4.74. The molecule has 3 nitrogen and oxygen atoms in total. The Hall–Kier alpha value is -0.930. The van der Waals surface area contributed by atoms with Crippen molar-refractivity contribution in [2.45, 2.75) is 45.2 Å². The number of aromatic nitrogens is 1. The zero-order valence-electron chi connectivity index (χ0n) is 11.3. The third-order valence-electron chi connectivity index (χ3n) is 3.73. The third-order valence-corrected chi connectivity index (χ3v) is 3.73. The molecule has 0 saturated carbocycles. The molecule has 0 spiro atoms. The van der Waals surface area contributed by atoms with E-state index in [1.54, 1.807) is 0 Å². The van der Waals surface area contributed by atoms with Crippen molar-refractivity contribution >= 4 is 0 Å². The highest BCUT2D eigenvalue weighted by molar-refractivity contribution is 5.10. The van der Waals surface area contributed by atoms with Gasteiger partial charge in [0.25, 0.3) is 0 Å². The lowest BCUT2D eigenvalue weighted by molar-refractivity contribution is 0.102. The van der Waals surface area contributed by atoms with Crippen LogP contribution in [0.15, 0.2) is 24.5 Å². The molecule has 0 aliphatic rings. The van der Waals surface area contributed by atoms with Crippen LogP contribution in [-0.2, 0) is 6.54 Å². The summed E-state index contributed by atoms with van der Waals surface area (Å²) in [4.78, 5) is 6.44. The maximum atomic E-state index is 6.00. The van der Waals surface area contributed by atoms with Gasteiger partial charge in [0.2, 0.25) is 0 Å². The molecular weight excluding hydrogens is 210 g/mol. The van der Waals surface area contributed by atoms with Crippen LogP contribution in [0.2, 0.25) is 0 Å². The molecule has 1 aromatic heterocycles. The Kier molecular flexibility index (Phi) is 5.59. The first-order chi connectivity index (χ1) is 8.18. The molecule has 1 unspecified atom stereocenters. The van der Waals surface area contributed by atoms with Crippen molar-refractivity contribution < 1.29 is 0 Å². The van der Waals surface area contributed by atoms with E-state index in [4.69, 9.17) is 5.73 Å². The Morgan fingerprint density at radius 1 is 1.29 bits per heavy atom. The van der Waals surface area contributed by atoms with Crippen molar-refractivity contribution in [2.75, 3.05) is 13.6 Å². The molecule has 96 valence electrons. The summed E-state index contributed by atoms with van der Waals surface area (Å²) >= 11 is 0. The number of nitrogens with two attached hydrogens (primary N) is 1. The van der Waals surface area contributed by atoms with E-state index in [2.05, 4.69) is 42.9 Å². The minimum absolute atomic E-state index is 0.137. The molecule has 0 fully saturated rings. The summed E-state index contributed by atoms with van der Waals surface area (Å²) in [6, 6.07) is 4.14. The Labute approximate surface area is 105 Å². The standard InChI is InChI=1S/C14H25N3/c1-4-8-14(5-2,12-15)17(3)11-13-6-9-16-10-7-13/h6-7,9-10H,4-5,8,11-12,15H2,1-3H3. The molecule has 0 radical (unpaired) electrons. The molecule has 0 bridgehead atoms. The van der Waals surface area contributed by atoms with Gasteiger partial charge in [0.1, 0.15) is 0 Å². The van der Waals surface area contributed by atoms with Crippen molar-refractivity contribution in [2.24, 2.45) is 5.73 Å². The topological polar surface area (TPSA) is 42.1 Å². The highest BCUT2D eigenvalue weighted by atomic mass is 15.2. The lowest BCUT2D eigenvalue weighted by Gasteiger charge is -2.41. The first kappa shape index (κ1) is 14.1. The highest BCUT2D eigenvalue weighted by Crippen LogP contribution is 2.24. The van der Waals surface area contributed by atoms with Gasteiger partial charge in [0, 0.05) is 31.0 Å². The zero-order chi connectivity index (χ0) is 12.7. The molecule has 0 saturated heterocycles. The summed E-state index contributed by atoms with van der Waals surface area (Å²) in [6.07, 6.45) is 7.12. The number of rotatable bonds is 7. The molecule has 1 heterocycles. The van der Waals surface area contributed by atoms with Crippen LogP contribution in [0, 0.1) is 0 Å². The van der Waals surface area contributed by atoms with E-state index in [1.807, 2.05) is 12.4 Å². The fraction of sp³-hybridized carbons (Fsp3) is 0.643. The normalized spacial score (nSPS) is 14.9. The van der Waals surface area contributed by atoms with Crippen molar-refractivity contribution in [3.05, 3.63) is 30.1 Å². The van der Waals surface area contributed by atoms with Crippen LogP contribution in [0.1, 0.15) is 38.7 Å². The first-order valence-electron chi connectivity index (χ1n) is 6.48. The van der Waals surface area contributed by atoms with Gasteiger partial charge in [-0.3, -0.25) is 9.88 Å². The van der Waals surface area contributed by atoms with Gasteiger partial charge in [-0.15, -0.1) is 0 Å². The monoisotopic (exact) mass is 235 g/mol. The molecule has 1 atom stereocenters. The SMILES string of the molecule is CCCC(CC)(CN)N(C)Cc1ccncc1. The minimum Gasteiger partial charge on any atom is -0.329 e. The predicted molar refractivity (Wildman–Crippen MR) is 72.7 cm³/mol. The largest absolute Gasteiger partial charge is 0.329 e. The molecule has 3 heteroatoms. The summed E-state index contributed by atoms with van der Waals surface area (Å²) in [6.45, 7) is 6.11. The van der Waals surface area contributed by atoms with E-state index in [0.717, 1.165) is 25.9 Å². The maximum absolute atomic E-state index is 6.00. The summed E-state index contributed by atoms with van der Waals surface area (Å²) < 4.78 is 0. The van der Waals surface area contributed by atoms with Gasteiger partial charge in [0.05, 0.1) is 0 Å². The molecule has 0 amide bonds. The van der Waals surface area contributed by atoms with E-state index < -0.39 is 0 Å². The molecule has 1 rings (SSSR count). The van der Waals surface area contributed by atoms with Crippen LogP contribution in [0.5, 0.6) is 0 Å². The van der Waals surface area contributed by atoms with Crippen LogP contribution in [-0.4, -0.2) is 29.0 Å². The molecule has 1 aromatic rings. The lowest BCUT2D eigenvalue weighted by Crippen LogP contribution is -2.51. The number of hydrogen-bond donors (Lipinski definition) is 1. The van der Waals surface area contributed by atoms with E-state index in [1.165, 1.54) is 12.0 Å². The quantitative estimate of drug-likeness (QED) is 0.789. The van der Waals surface area contributed by atoms with E-state index >= 15 is 0 Å². The second-order valence-corrected chi connectivity index (χ2v) is 4.74. The Morgan fingerprint density at radius 2 is 1.94 bits per heavy atom. The van der Waals surface area contributed by atoms with Crippen molar-refractivity contribution in [1.82, 2.24) is 9.88 Å². The first-order valence-corrected chi connectivity index (χ1v) is 6.48. The Balaban J connectivity index is 2.75. The van der Waals surface area contributed by atoms with Crippen LogP contribution in [0.25, 0.3) is 0 Å². The second kappa shape index (κ2) is 6.72. The molecule has 0 aromatic carbocycles. The van der Waals surface area contributed by atoms with Gasteiger partial charge in [-0.25, -0.2) is 0 Å². The van der Waals surface area contributed by atoms with Crippen molar-refractivity contribution in [1.29, 1.82) is 0 Å². The average Bonchev–Trinajstić information content (AvgIpc) is 2.37. The number of nitrogens with zero attached hydrogens (tertiary/aromatic N) is 2. The van der Waals surface area contributed by atoms with E-state index in [0.29, 0.717) is 0 Å². The molecular formula is C14H25N3. The summed E-state index contributed by atoms with van der Waals surface area (Å²) in [5.74, 6) is 0. The summed E-state index contributed by atoms with van der Waals surface area (Å²) in [5.41, 5.74) is 7.44. The summed E-state index contributed by atoms with van der Waals surface area (Å²) in [5, 5.41) is 0. The fourth-order valence-electron chi connectivity index (χ4n) is 2.43. The van der Waals surface area contributed by atoms with Crippen LogP contribution in [0.4, 0.5) is 0 Å². The van der Waals surface area contributed by atoms with Crippen molar-refractivity contribution in [3.63, 3.8) is 0 Å². The van der Waals surface area contributed by atoms with Crippen LogP contribution < -0.4 is 5.73 Å². The molecule has 2 N–H and O–H groups in total. The highest BCUT2D eigenvalue weighted by Gasteiger charge is 2.30. The number of pyridine rings is 1. The van der Waals surface area contributed by atoms with Gasteiger partial charge in [0.15, 0.2) is 0 Å². The van der Waals surface area contributed by atoms with Gasteiger partial charge < -0.3 is 5.73 Å². The van der Waals surface area contributed by atoms with Gasteiger partial charge >= 0.3 is 0 Å². The maximum Gasteiger partial charge on any atom is 0.0329 e. The van der Waals surface area contributed by atoms with E-state index in [9.17, 15) is 0 Å². The molecule has 0 aliphatic heterocycles. The van der Waals surface area contributed by atoms with Crippen molar-refractivity contribution in [3.8, 4) is 0 Å². The minimum atomic E-state index is 0.137. The smallest absolute Gasteiger partial charge is 0.0329 e. The number of hydrogen-bond acceptors (Lipinski definition) is 3. The summed E-state index contributed by atoms with van der Waals surface area (Å²) in [7, 11) is 2.17. The fourth-order valence-corrected chi connectivity index (χ4v) is 2.43. The predicted octanol–water partition coefficient (Wildman–Crippen LogP) is 2.42. The molecule has 17 heavy (non-hydrogen) atoms. The molecule has 0 aliphatic carbocycles. The van der Waals surface area contributed by atoms with Gasteiger partial charge in [-0.1, -0.05) is 20.3 Å². The van der Waals surface area contributed by atoms with Gasteiger partial charge in [-0.2, -0.15) is 0 Å². The number of likely N-dealkylation sites (N-methyl/N-ethyl adjacent to an activating group) is 1. The third kappa shape index (κ3) is 3.51. The average molecular weight is 235 g/mol. The van der Waals surface area contributed by atoms with E-state index in [-0.39, 0.29) is 5.54 Å².